The van der Waals surface area contributed by atoms with Crippen molar-refractivity contribution in [2.24, 2.45) is 5.73 Å². The van der Waals surface area contributed by atoms with Crippen molar-refractivity contribution in [1.82, 2.24) is 0 Å². The van der Waals surface area contributed by atoms with Crippen molar-refractivity contribution in [3.63, 3.8) is 0 Å². The average molecular weight is 168 g/mol. The van der Waals surface area contributed by atoms with Gasteiger partial charge in [-0.25, -0.2) is 0 Å². The molecule has 0 heterocycles. The topological polar surface area (TPSA) is 66.5 Å². The van der Waals surface area contributed by atoms with Crippen LogP contribution in [0.25, 0.3) is 0 Å². The first-order valence-corrected chi connectivity index (χ1v) is 3.29. The molecule has 1 saturated carbocycles. The van der Waals surface area contributed by atoms with Crippen molar-refractivity contribution in [2.75, 3.05) is 6.54 Å². The van der Waals surface area contributed by atoms with Crippen LogP contribution in [0.15, 0.2) is 0 Å². The van der Waals surface area contributed by atoms with Crippen molar-refractivity contribution in [1.29, 1.82) is 0 Å². The largest absolute Gasteiger partial charge is 0.390 e. The molecule has 0 aromatic carbocycles. The second kappa shape index (κ2) is 3.53. The van der Waals surface area contributed by atoms with E-state index in [1.54, 1.807) is 0 Å². The summed E-state index contributed by atoms with van der Waals surface area (Å²) < 4.78 is 0. The Kier molecular flexibility index (Phi) is 3.59. The van der Waals surface area contributed by atoms with Crippen LogP contribution in [0.3, 0.4) is 0 Å². The van der Waals surface area contributed by atoms with Gasteiger partial charge in [0.15, 0.2) is 0 Å². The second-order valence-corrected chi connectivity index (χ2v) is 2.72. The summed E-state index contributed by atoms with van der Waals surface area (Å²) in [4.78, 5) is 0. The summed E-state index contributed by atoms with van der Waals surface area (Å²) in [6, 6.07) is 0. The van der Waals surface area contributed by atoms with E-state index in [0.29, 0.717) is 12.8 Å². The fourth-order valence-corrected chi connectivity index (χ4v) is 1.27. The molecule has 4 heteroatoms. The van der Waals surface area contributed by atoms with Crippen LogP contribution in [0.5, 0.6) is 0 Å². The van der Waals surface area contributed by atoms with Crippen molar-refractivity contribution in [3.05, 3.63) is 0 Å². The maximum atomic E-state index is 9.39. The summed E-state index contributed by atoms with van der Waals surface area (Å²) in [6.45, 7) is 0.175. The van der Waals surface area contributed by atoms with Gasteiger partial charge in [-0.1, -0.05) is 0 Å². The van der Waals surface area contributed by atoms with Gasteiger partial charge in [-0.2, -0.15) is 0 Å². The number of aliphatic hydroxyl groups is 2. The Hall–Kier alpha value is 0.170. The summed E-state index contributed by atoms with van der Waals surface area (Å²) >= 11 is 0. The molecule has 0 spiro atoms. The second-order valence-electron chi connectivity index (χ2n) is 2.72. The zero-order valence-electron chi connectivity index (χ0n) is 5.79. The lowest BCUT2D eigenvalue weighted by Crippen LogP contribution is -2.44. The summed E-state index contributed by atoms with van der Waals surface area (Å²) in [5.74, 6) is 0. The lowest BCUT2D eigenvalue weighted by molar-refractivity contribution is -0.0454. The number of aliphatic hydroxyl groups excluding tert-OH is 1. The molecule has 0 bridgehead atoms. The van der Waals surface area contributed by atoms with Crippen molar-refractivity contribution in [3.8, 4) is 0 Å². The van der Waals surface area contributed by atoms with E-state index in [1.807, 2.05) is 0 Å². The number of halogens is 1. The average Bonchev–Trinajstić information content (AvgIpc) is 2.15. The van der Waals surface area contributed by atoms with E-state index in [9.17, 15) is 5.11 Å². The standard InChI is InChI=1S/C6H13NO2.ClH/c7-4-6(9)3-1-2-5(6)8;/h5,8-9H,1-4,7H2;1H. The molecule has 0 aliphatic heterocycles. The predicted octanol–water partition coefficient (Wildman–Crippen LogP) is -0.357. The highest BCUT2D eigenvalue weighted by Crippen LogP contribution is 2.28. The Labute approximate surface area is 66.6 Å². The first-order chi connectivity index (χ1) is 4.19. The van der Waals surface area contributed by atoms with E-state index in [4.69, 9.17) is 10.8 Å². The highest BCUT2D eigenvalue weighted by atomic mass is 35.5. The summed E-state index contributed by atoms with van der Waals surface area (Å²) in [5, 5.41) is 18.5. The first kappa shape index (κ1) is 10.2. The molecular weight excluding hydrogens is 154 g/mol. The van der Waals surface area contributed by atoms with Crippen LogP contribution in [0.4, 0.5) is 0 Å². The fraction of sp³-hybridized carbons (Fsp3) is 1.00. The molecule has 0 radical (unpaired) electrons. The van der Waals surface area contributed by atoms with E-state index in [2.05, 4.69) is 0 Å². The number of nitrogens with two attached hydrogens (primary N) is 1. The smallest absolute Gasteiger partial charge is 0.103 e. The minimum absolute atomic E-state index is 0. The maximum absolute atomic E-state index is 9.39. The Balaban J connectivity index is 0.000000810. The van der Waals surface area contributed by atoms with Crippen LogP contribution in [0.2, 0.25) is 0 Å². The molecule has 0 saturated heterocycles. The molecule has 2 unspecified atom stereocenters. The van der Waals surface area contributed by atoms with Crippen molar-refractivity contribution < 1.29 is 10.2 Å². The molecule has 1 aliphatic rings. The van der Waals surface area contributed by atoms with Crippen LogP contribution in [0.1, 0.15) is 19.3 Å². The van der Waals surface area contributed by atoms with Crippen LogP contribution in [0, 0.1) is 0 Å². The molecule has 62 valence electrons. The maximum Gasteiger partial charge on any atom is 0.103 e. The third-order valence-corrected chi connectivity index (χ3v) is 2.06. The highest BCUT2D eigenvalue weighted by Gasteiger charge is 2.38. The van der Waals surface area contributed by atoms with E-state index in [1.165, 1.54) is 0 Å². The van der Waals surface area contributed by atoms with Crippen LogP contribution in [-0.4, -0.2) is 28.5 Å². The molecule has 0 aromatic heterocycles. The molecule has 1 fully saturated rings. The Morgan fingerprint density at radius 2 is 2.20 bits per heavy atom. The molecule has 3 nitrogen and oxygen atoms in total. The molecule has 0 amide bonds. The minimum atomic E-state index is -0.972. The Morgan fingerprint density at radius 1 is 1.60 bits per heavy atom. The SMILES string of the molecule is Cl.NCC1(O)CCCC1O. The van der Waals surface area contributed by atoms with Crippen molar-refractivity contribution in [2.45, 2.75) is 31.0 Å². The molecule has 4 N–H and O–H groups in total. The Morgan fingerprint density at radius 3 is 2.40 bits per heavy atom. The van der Waals surface area contributed by atoms with Crippen LogP contribution >= 0.6 is 12.4 Å². The zero-order chi connectivity index (χ0) is 6.91. The normalized spacial score (nSPS) is 39.3. The summed E-state index contributed by atoms with van der Waals surface area (Å²) in [5.41, 5.74) is 4.28. The first-order valence-electron chi connectivity index (χ1n) is 3.29. The number of rotatable bonds is 1. The summed E-state index contributed by atoms with van der Waals surface area (Å²) in [6.07, 6.45) is 1.62. The van der Waals surface area contributed by atoms with Gasteiger partial charge in [0.25, 0.3) is 0 Å². The van der Waals surface area contributed by atoms with Gasteiger partial charge in [0.05, 0.1) is 6.10 Å². The summed E-state index contributed by atoms with van der Waals surface area (Å²) in [7, 11) is 0. The van der Waals surface area contributed by atoms with Gasteiger partial charge in [-0.15, -0.1) is 12.4 Å². The van der Waals surface area contributed by atoms with Gasteiger partial charge in [-0.3, -0.25) is 0 Å². The molecule has 0 aromatic rings. The van der Waals surface area contributed by atoms with E-state index in [0.717, 1.165) is 6.42 Å². The molecule has 1 aliphatic carbocycles. The third-order valence-electron chi connectivity index (χ3n) is 2.06. The van der Waals surface area contributed by atoms with Gasteiger partial charge in [-0.05, 0) is 19.3 Å². The predicted molar refractivity (Wildman–Crippen MR) is 41.1 cm³/mol. The van der Waals surface area contributed by atoms with Crippen LogP contribution in [-0.2, 0) is 0 Å². The minimum Gasteiger partial charge on any atom is -0.390 e. The molecule has 1 rings (SSSR count). The van der Waals surface area contributed by atoms with Gasteiger partial charge in [0.2, 0.25) is 0 Å². The van der Waals surface area contributed by atoms with E-state index in [-0.39, 0.29) is 19.0 Å². The monoisotopic (exact) mass is 167 g/mol. The van der Waals surface area contributed by atoms with Gasteiger partial charge in [0.1, 0.15) is 5.60 Å². The highest BCUT2D eigenvalue weighted by molar-refractivity contribution is 5.85. The van der Waals surface area contributed by atoms with Crippen LogP contribution < -0.4 is 5.73 Å². The number of hydrogen-bond donors (Lipinski definition) is 3. The Bertz CT molecular complexity index is 112. The molecule has 2 atom stereocenters. The van der Waals surface area contributed by atoms with Crippen molar-refractivity contribution >= 4 is 12.4 Å². The van der Waals surface area contributed by atoms with Gasteiger partial charge in [0, 0.05) is 6.54 Å². The number of hydrogen-bond acceptors (Lipinski definition) is 3. The molecule has 10 heavy (non-hydrogen) atoms. The lowest BCUT2D eigenvalue weighted by atomic mass is 10.0. The fourth-order valence-electron chi connectivity index (χ4n) is 1.27. The molecular formula is C6H14ClNO2. The zero-order valence-corrected chi connectivity index (χ0v) is 6.60. The van der Waals surface area contributed by atoms with E-state index < -0.39 is 11.7 Å². The third kappa shape index (κ3) is 1.61. The lowest BCUT2D eigenvalue weighted by Gasteiger charge is -2.23. The quantitative estimate of drug-likeness (QED) is 0.500. The van der Waals surface area contributed by atoms with Gasteiger partial charge >= 0.3 is 0 Å². The van der Waals surface area contributed by atoms with E-state index >= 15 is 0 Å². The van der Waals surface area contributed by atoms with Gasteiger partial charge < -0.3 is 15.9 Å².